The van der Waals surface area contributed by atoms with Crippen LogP contribution < -0.4 is 0 Å². The van der Waals surface area contributed by atoms with Gasteiger partial charge < -0.3 is 4.90 Å². The maximum atomic E-state index is 13.2. The number of hydrogen-bond donors (Lipinski definition) is 0. The molecule has 0 saturated carbocycles. The van der Waals surface area contributed by atoms with Crippen molar-refractivity contribution < 1.29 is 4.79 Å². The Kier molecular flexibility index (Phi) is 7.05. The van der Waals surface area contributed by atoms with Crippen LogP contribution in [0.15, 0.2) is 54.6 Å². The molecule has 0 radical (unpaired) electrons. The van der Waals surface area contributed by atoms with Crippen LogP contribution in [0.2, 0.25) is 10.0 Å². The van der Waals surface area contributed by atoms with Gasteiger partial charge in [-0.1, -0.05) is 65.7 Å². The Bertz CT molecular complexity index is 876. The number of carbonyl (C=O) groups excluding carboxylic acids is 1. The third-order valence-corrected chi connectivity index (χ3v) is 6.14. The molecule has 4 rings (SSSR count). The van der Waals surface area contributed by atoms with Gasteiger partial charge in [-0.3, -0.25) is 9.69 Å². The third-order valence-electron chi connectivity index (χ3n) is 5.40. The monoisotopic (exact) mass is 436 g/mol. The molecule has 0 aromatic heterocycles. The molecule has 0 saturated heterocycles. The summed E-state index contributed by atoms with van der Waals surface area (Å²) in [7, 11) is 0. The van der Waals surface area contributed by atoms with Crippen molar-refractivity contribution in [3.63, 3.8) is 0 Å². The summed E-state index contributed by atoms with van der Waals surface area (Å²) in [6, 6.07) is 14.0. The first-order chi connectivity index (χ1) is 13.1. The minimum absolute atomic E-state index is 0. The highest BCUT2D eigenvalue weighted by molar-refractivity contribution is 6.42. The van der Waals surface area contributed by atoms with E-state index >= 15 is 0 Å². The number of amides is 1. The summed E-state index contributed by atoms with van der Waals surface area (Å²) in [6.07, 6.45) is 5.62. The van der Waals surface area contributed by atoms with E-state index in [4.69, 9.17) is 23.2 Å². The van der Waals surface area contributed by atoms with Crippen LogP contribution in [0.3, 0.4) is 0 Å². The van der Waals surface area contributed by atoms with Gasteiger partial charge in [-0.2, -0.15) is 0 Å². The van der Waals surface area contributed by atoms with E-state index in [1.807, 2.05) is 11.0 Å². The first-order valence-corrected chi connectivity index (χ1v) is 10.1. The van der Waals surface area contributed by atoms with E-state index in [9.17, 15) is 4.79 Å². The molecule has 3 nitrogen and oxygen atoms in total. The van der Waals surface area contributed by atoms with Crippen molar-refractivity contribution in [2.75, 3.05) is 26.2 Å². The van der Waals surface area contributed by atoms with Crippen molar-refractivity contribution in [2.45, 2.75) is 18.9 Å². The lowest BCUT2D eigenvalue weighted by atomic mass is 9.91. The topological polar surface area (TPSA) is 23.6 Å². The summed E-state index contributed by atoms with van der Waals surface area (Å²) in [5.41, 5.74) is 3.53. The number of rotatable bonds is 4. The standard InChI is InChI=1S/C22H22Cl2N2O.ClH/c23-19-8-7-16(13-20(19)24)14-22(27)26-12-9-17-5-1-2-6-18(17)21(26)15-25-10-3-4-11-25;/h1-8,13,21H,9-12,14-15H2;1H. The molecule has 2 heterocycles. The lowest BCUT2D eigenvalue weighted by Gasteiger charge is -2.39. The summed E-state index contributed by atoms with van der Waals surface area (Å²) in [6.45, 7) is 3.52. The number of fused-ring (bicyclic) bond motifs is 1. The van der Waals surface area contributed by atoms with Crippen LogP contribution in [0.5, 0.6) is 0 Å². The predicted molar refractivity (Wildman–Crippen MR) is 118 cm³/mol. The van der Waals surface area contributed by atoms with Crippen LogP contribution in [-0.2, 0) is 17.6 Å². The van der Waals surface area contributed by atoms with Gasteiger partial charge in [-0.05, 0) is 35.2 Å². The number of nitrogens with zero attached hydrogens (tertiary/aromatic N) is 2. The van der Waals surface area contributed by atoms with Crippen molar-refractivity contribution in [3.05, 3.63) is 81.4 Å². The molecule has 6 heteroatoms. The third kappa shape index (κ3) is 4.55. The summed E-state index contributed by atoms with van der Waals surface area (Å²) < 4.78 is 0. The van der Waals surface area contributed by atoms with Gasteiger partial charge in [0, 0.05) is 26.2 Å². The molecule has 0 fully saturated rings. The van der Waals surface area contributed by atoms with Crippen LogP contribution in [-0.4, -0.2) is 41.9 Å². The smallest absolute Gasteiger partial charge is 0.227 e. The summed E-state index contributed by atoms with van der Waals surface area (Å²) >= 11 is 12.1. The number of halogens is 3. The minimum atomic E-state index is 0. The molecular weight excluding hydrogens is 415 g/mol. The van der Waals surface area contributed by atoms with E-state index < -0.39 is 0 Å². The van der Waals surface area contributed by atoms with Gasteiger partial charge in [0.2, 0.25) is 5.91 Å². The molecule has 1 unspecified atom stereocenters. The lowest BCUT2D eigenvalue weighted by molar-refractivity contribution is -0.133. The number of carbonyl (C=O) groups is 1. The predicted octanol–water partition coefficient (Wildman–Crippen LogP) is 4.96. The first-order valence-electron chi connectivity index (χ1n) is 9.30. The quantitative estimate of drug-likeness (QED) is 0.631. The highest BCUT2D eigenvalue weighted by Crippen LogP contribution is 2.32. The largest absolute Gasteiger partial charge is 0.334 e. The van der Waals surface area contributed by atoms with E-state index in [1.165, 1.54) is 11.1 Å². The molecule has 2 aliphatic heterocycles. The van der Waals surface area contributed by atoms with Gasteiger partial charge in [-0.25, -0.2) is 0 Å². The van der Waals surface area contributed by atoms with Crippen molar-refractivity contribution in [3.8, 4) is 0 Å². The van der Waals surface area contributed by atoms with Crippen LogP contribution in [0, 0.1) is 0 Å². The van der Waals surface area contributed by atoms with Gasteiger partial charge >= 0.3 is 0 Å². The Balaban J connectivity index is 0.00000225. The summed E-state index contributed by atoms with van der Waals surface area (Å²) in [5, 5.41) is 1.00. The molecule has 0 N–H and O–H groups in total. The maximum Gasteiger partial charge on any atom is 0.227 e. The molecule has 0 aliphatic carbocycles. The van der Waals surface area contributed by atoms with Crippen LogP contribution in [0.1, 0.15) is 22.7 Å². The van der Waals surface area contributed by atoms with Gasteiger partial charge in [0.05, 0.1) is 22.5 Å². The zero-order chi connectivity index (χ0) is 18.8. The van der Waals surface area contributed by atoms with E-state index in [1.54, 1.807) is 12.1 Å². The Morgan fingerprint density at radius 3 is 2.54 bits per heavy atom. The molecule has 28 heavy (non-hydrogen) atoms. The minimum Gasteiger partial charge on any atom is -0.334 e. The maximum absolute atomic E-state index is 13.2. The SMILES string of the molecule is Cl.O=C(Cc1ccc(Cl)c(Cl)c1)N1CCc2ccccc2C1CN1CC=CC1. The fourth-order valence-corrected chi connectivity index (χ4v) is 4.31. The molecule has 2 aliphatic rings. The van der Waals surface area contributed by atoms with Gasteiger partial charge in [0.25, 0.3) is 0 Å². The molecule has 2 aromatic carbocycles. The van der Waals surface area contributed by atoms with E-state index in [2.05, 4.69) is 41.3 Å². The van der Waals surface area contributed by atoms with Crippen molar-refractivity contribution in [1.82, 2.24) is 9.80 Å². The zero-order valence-corrected chi connectivity index (χ0v) is 17.8. The van der Waals surface area contributed by atoms with E-state index in [0.29, 0.717) is 16.5 Å². The van der Waals surface area contributed by atoms with Gasteiger partial charge in [0.1, 0.15) is 0 Å². The van der Waals surface area contributed by atoms with Gasteiger partial charge in [-0.15, -0.1) is 12.4 Å². The van der Waals surface area contributed by atoms with Crippen molar-refractivity contribution in [2.24, 2.45) is 0 Å². The molecule has 0 bridgehead atoms. The summed E-state index contributed by atoms with van der Waals surface area (Å²) in [4.78, 5) is 17.6. The fraction of sp³-hybridized carbons (Fsp3) is 0.318. The second-order valence-electron chi connectivity index (χ2n) is 7.17. The Labute approximate surface area is 182 Å². The zero-order valence-electron chi connectivity index (χ0n) is 15.5. The van der Waals surface area contributed by atoms with Crippen molar-refractivity contribution >= 4 is 41.5 Å². The number of benzene rings is 2. The fourth-order valence-electron chi connectivity index (χ4n) is 3.99. The average molecular weight is 438 g/mol. The van der Waals surface area contributed by atoms with E-state index in [0.717, 1.165) is 38.2 Å². The molecular formula is C22H23Cl3N2O. The summed E-state index contributed by atoms with van der Waals surface area (Å²) in [5.74, 6) is 0.139. The van der Waals surface area contributed by atoms with Crippen LogP contribution in [0.25, 0.3) is 0 Å². The Hall–Kier alpha value is -1.52. The van der Waals surface area contributed by atoms with Crippen LogP contribution >= 0.6 is 35.6 Å². The second kappa shape index (κ2) is 9.32. The lowest BCUT2D eigenvalue weighted by Crippen LogP contribution is -2.45. The van der Waals surface area contributed by atoms with Crippen molar-refractivity contribution in [1.29, 1.82) is 0 Å². The number of hydrogen-bond acceptors (Lipinski definition) is 2. The van der Waals surface area contributed by atoms with Gasteiger partial charge in [0.15, 0.2) is 0 Å². The molecule has 148 valence electrons. The highest BCUT2D eigenvalue weighted by Gasteiger charge is 2.32. The second-order valence-corrected chi connectivity index (χ2v) is 7.98. The molecule has 0 spiro atoms. The normalized spacial score (nSPS) is 18.6. The molecule has 1 amide bonds. The molecule has 2 aromatic rings. The Morgan fingerprint density at radius 1 is 1.04 bits per heavy atom. The van der Waals surface area contributed by atoms with E-state index in [-0.39, 0.29) is 24.4 Å². The highest BCUT2D eigenvalue weighted by atomic mass is 35.5. The Morgan fingerprint density at radius 2 is 1.79 bits per heavy atom. The molecule has 1 atom stereocenters. The van der Waals surface area contributed by atoms with Crippen LogP contribution in [0.4, 0.5) is 0 Å². The average Bonchev–Trinajstić information content (AvgIpc) is 3.18. The first kappa shape index (κ1) is 21.2.